The number of aliphatic carboxylic acids is 1. The van der Waals surface area contributed by atoms with E-state index in [-0.39, 0.29) is 23.8 Å². The smallest absolute Gasteiger partial charge is 0.416 e. The maximum Gasteiger partial charge on any atom is 0.416 e. The summed E-state index contributed by atoms with van der Waals surface area (Å²) in [5.74, 6) is 0.591. The van der Waals surface area contributed by atoms with Crippen LogP contribution >= 0.6 is 11.8 Å². The number of thioether (sulfide) groups is 1. The second-order valence-corrected chi connectivity index (χ2v) is 15.7. The fraction of sp³-hybridized carbons (Fsp3) is 0.432. The van der Waals surface area contributed by atoms with E-state index in [4.69, 9.17) is 20.4 Å². The highest BCUT2D eigenvalue weighted by atomic mass is 32.2. The van der Waals surface area contributed by atoms with Gasteiger partial charge in [-0.1, -0.05) is 81.1 Å². The van der Waals surface area contributed by atoms with Crippen molar-refractivity contribution < 1.29 is 32.6 Å². The lowest BCUT2D eigenvalue weighted by Gasteiger charge is -2.28. The largest absolute Gasteiger partial charge is 0.479 e. The Morgan fingerprint density at radius 3 is 2.05 bits per heavy atom. The Bertz CT molecular complexity index is 2230. The number of aliphatic hydroxyl groups excluding tert-OH is 1. The van der Waals surface area contributed by atoms with Crippen LogP contribution in [0.4, 0.5) is 17.6 Å². The Hall–Kier alpha value is -4.90. The standard InChI is InChI=1S/C40H45F4N7OS.C4H8O3/c1-5-49(6-2)23-22-48(4)27(3)37-47-46-36(51(37)24-28-10-14-30(15-11-28)31-16-18-32(19-17-31)40(42,43)44)25-50-35-9-7-8-34(35)38(52)45-39(50)53-26-29-12-20-33(41)21-13-29;1-2-3(5)4(6)7/h10-21,27H,5-9,22-26H2,1-4H3;3,5H,2H2,1H3,(H,6,7). The van der Waals surface area contributed by atoms with Crippen LogP contribution < -0.4 is 5.56 Å². The number of carboxylic acids is 1. The summed E-state index contributed by atoms with van der Waals surface area (Å²) in [6.45, 7) is 12.6. The van der Waals surface area contributed by atoms with Gasteiger partial charge in [-0.3, -0.25) is 9.69 Å². The third-order valence-electron chi connectivity index (χ3n) is 10.8. The fourth-order valence-electron chi connectivity index (χ4n) is 6.92. The maximum absolute atomic E-state index is 13.6. The first-order valence-corrected chi connectivity index (χ1v) is 21.1. The van der Waals surface area contributed by atoms with Crippen LogP contribution in [-0.2, 0) is 42.7 Å². The zero-order valence-corrected chi connectivity index (χ0v) is 35.4. The van der Waals surface area contributed by atoms with Crippen molar-refractivity contribution in [2.24, 2.45) is 0 Å². The Morgan fingerprint density at radius 2 is 1.48 bits per heavy atom. The molecule has 1 aliphatic carbocycles. The van der Waals surface area contributed by atoms with E-state index in [1.165, 1.54) is 36.0 Å². The summed E-state index contributed by atoms with van der Waals surface area (Å²) in [7, 11) is 2.09. The average Bonchev–Trinajstić information content (AvgIpc) is 3.90. The molecule has 0 spiro atoms. The quantitative estimate of drug-likeness (QED) is 0.0546. The molecule has 6 rings (SSSR count). The first kappa shape index (κ1) is 46.2. The minimum atomic E-state index is -4.39. The molecule has 60 heavy (non-hydrogen) atoms. The number of rotatable bonds is 17. The number of aromatic nitrogens is 5. The van der Waals surface area contributed by atoms with E-state index in [1.54, 1.807) is 19.1 Å². The highest BCUT2D eigenvalue weighted by molar-refractivity contribution is 7.98. The number of carboxylic acid groups (broad SMARTS) is 1. The SMILES string of the molecule is CCC(O)C(=O)O.CCN(CC)CCN(C)C(C)c1nnc(Cn2c(SCc3ccc(F)cc3)nc(=O)c3c2CCC3)n1Cc1ccc(-c2ccc(C(F)(F)F)cc2)cc1. The topological polar surface area (TPSA) is 130 Å². The van der Waals surface area contributed by atoms with Crippen LogP contribution in [0.2, 0.25) is 0 Å². The van der Waals surface area contributed by atoms with Crippen molar-refractivity contribution in [3.63, 3.8) is 0 Å². The van der Waals surface area contributed by atoms with Crippen LogP contribution in [0.25, 0.3) is 11.1 Å². The Morgan fingerprint density at radius 1 is 0.867 bits per heavy atom. The van der Waals surface area contributed by atoms with E-state index < -0.39 is 23.8 Å². The molecule has 322 valence electrons. The number of fused-ring (bicyclic) bond motifs is 1. The maximum atomic E-state index is 13.6. The van der Waals surface area contributed by atoms with Crippen molar-refractivity contribution >= 4 is 17.7 Å². The molecular formula is C44H53F4N7O4S. The predicted molar refractivity (Wildman–Crippen MR) is 224 cm³/mol. The van der Waals surface area contributed by atoms with Gasteiger partial charge < -0.3 is 24.2 Å². The van der Waals surface area contributed by atoms with Crippen LogP contribution in [0.5, 0.6) is 0 Å². The van der Waals surface area contributed by atoms with Crippen LogP contribution in [0.3, 0.4) is 0 Å². The highest BCUT2D eigenvalue weighted by Crippen LogP contribution is 2.32. The number of aliphatic hydroxyl groups is 1. The minimum Gasteiger partial charge on any atom is -0.479 e. The fourth-order valence-corrected chi connectivity index (χ4v) is 7.88. The number of likely N-dealkylation sites (N-methyl/N-ethyl adjacent to an activating group) is 2. The molecule has 3 aromatic carbocycles. The van der Waals surface area contributed by atoms with Gasteiger partial charge >= 0.3 is 12.1 Å². The molecule has 1 aliphatic rings. The lowest BCUT2D eigenvalue weighted by molar-refractivity contribution is -0.146. The summed E-state index contributed by atoms with van der Waals surface area (Å²) in [5.41, 5.74) is 4.24. The molecule has 0 saturated heterocycles. The summed E-state index contributed by atoms with van der Waals surface area (Å²) < 4.78 is 57.3. The lowest BCUT2D eigenvalue weighted by atomic mass is 10.0. The first-order chi connectivity index (χ1) is 28.6. The molecule has 11 nitrogen and oxygen atoms in total. The molecule has 0 fully saturated rings. The van der Waals surface area contributed by atoms with Gasteiger partial charge in [-0.2, -0.15) is 18.2 Å². The van der Waals surface area contributed by atoms with Crippen molar-refractivity contribution in [3.8, 4) is 11.1 Å². The predicted octanol–water partition coefficient (Wildman–Crippen LogP) is 7.71. The molecule has 2 heterocycles. The summed E-state index contributed by atoms with van der Waals surface area (Å²) in [4.78, 5) is 32.0. The van der Waals surface area contributed by atoms with Crippen molar-refractivity contribution in [1.29, 1.82) is 0 Å². The van der Waals surface area contributed by atoms with Crippen molar-refractivity contribution in [2.45, 2.75) is 95.7 Å². The highest BCUT2D eigenvalue weighted by Gasteiger charge is 2.30. The molecular weight excluding hydrogens is 799 g/mol. The molecule has 0 aliphatic heterocycles. The summed E-state index contributed by atoms with van der Waals surface area (Å²) in [5, 5.41) is 26.4. The summed E-state index contributed by atoms with van der Waals surface area (Å²) in [6, 6.07) is 19.3. The number of hydrogen-bond acceptors (Lipinski definition) is 9. The minimum absolute atomic E-state index is 0.0663. The van der Waals surface area contributed by atoms with E-state index in [1.807, 2.05) is 24.3 Å². The third kappa shape index (κ3) is 11.9. The van der Waals surface area contributed by atoms with Crippen LogP contribution in [0.1, 0.15) is 86.2 Å². The second-order valence-electron chi connectivity index (χ2n) is 14.8. The Kier molecular flexibility index (Phi) is 16.2. The number of benzene rings is 3. The summed E-state index contributed by atoms with van der Waals surface area (Å²) >= 11 is 1.45. The van der Waals surface area contributed by atoms with E-state index in [0.29, 0.717) is 36.0 Å². The van der Waals surface area contributed by atoms with Gasteiger partial charge in [0.1, 0.15) is 11.6 Å². The van der Waals surface area contributed by atoms with Gasteiger partial charge in [0.25, 0.3) is 5.56 Å². The molecule has 2 unspecified atom stereocenters. The molecule has 2 N–H and O–H groups in total. The molecule has 2 atom stereocenters. The van der Waals surface area contributed by atoms with E-state index >= 15 is 0 Å². The number of hydrogen-bond donors (Lipinski definition) is 2. The van der Waals surface area contributed by atoms with E-state index in [0.717, 1.165) is 90.7 Å². The zero-order valence-electron chi connectivity index (χ0n) is 34.6. The normalized spacial score (nSPS) is 13.6. The van der Waals surface area contributed by atoms with Gasteiger partial charge in [0, 0.05) is 30.1 Å². The van der Waals surface area contributed by atoms with Gasteiger partial charge in [0.2, 0.25) is 0 Å². The molecule has 0 amide bonds. The average molecular weight is 852 g/mol. The Balaban J connectivity index is 0.000000896. The van der Waals surface area contributed by atoms with Crippen LogP contribution in [-0.4, -0.2) is 89.6 Å². The summed E-state index contributed by atoms with van der Waals surface area (Å²) in [6.07, 6.45) is -2.98. The number of carbonyl (C=O) groups is 1. The van der Waals surface area contributed by atoms with Gasteiger partial charge in [0.05, 0.1) is 24.7 Å². The Labute approximate surface area is 352 Å². The number of alkyl halides is 3. The van der Waals surface area contributed by atoms with Gasteiger partial charge in [-0.15, -0.1) is 10.2 Å². The van der Waals surface area contributed by atoms with Crippen molar-refractivity contribution in [3.05, 3.63) is 129 Å². The molecule has 0 radical (unpaired) electrons. The molecule has 0 saturated carbocycles. The van der Waals surface area contributed by atoms with Crippen molar-refractivity contribution in [2.75, 3.05) is 33.2 Å². The van der Waals surface area contributed by atoms with Crippen LogP contribution in [0, 0.1) is 5.82 Å². The van der Waals surface area contributed by atoms with E-state index in [9.17, 15) is 27.2 Å². The second kappa shape index (κ2) is 21.1. The number of halogens is 4. The van der Waals surface area contributed by atoms with Gasteiger partial charge in [0.15, 0.2) is 17.1 Å². The van der Waals surface area contributed by atoms with Gasteiger partial charge in [-0.25, -0.2) is 9.18 Å². The number of nitrogens with zero attached hydrogens (tertiary/aromatic N) is 7. The molecule has 0 bridgehead atoms. The third-order valence-corrected chi connectivity index (χ3v) is 11.9. The lowest BCUT2D eigenvalue weighted by Crippen LogP contribution is -2.35. The van der Waals surface area contributed by atoms with Crippen LogP contribution in [0.15, 0.2) is 82.7 Å². The monoisotopic (exact) mass is 851 g/mol. The molecule has 2 aromatic heterocycles. The van der Waals surface area contributed by atoms with E-state index in [2.05, 4.69) is 51.7 Å². The van der Waals surface area contributed by atoms with Crippen molar-refractivity contribution in [1.82, 2.24) is 34.1 Å². The first-order valence-electron chi connectivity index (χ1n) is 20.1. The molecule has 5 aromatic rings. The molecule has 16 heteroatoms. The van der Waals surface area contributed by atoms with Gasteiger partial charge in [-0.05, 0) is 99.3 Å². The zero-order chi connectivity index (χ0) is 43.6.